The van der Waals surface area contributed by atoms with Crippen LogP contribution in [0, 0.1) is 0 Å². The molecule has 0 saturated carbocycles. The van der Waals surface area contributed by atoms with Crippen LogP contribution in [0.25, 0.3) is 11.3 Å². The van der Waals surface area contributed by atoms with E-state index in [1.54, 1.807) is 30.3 Å². The minimum absolute atomic E-state index is 0.0634. The number of nitrogens with zero attached hydrogens (tertiary/aromatic N) is 2. The van der Waals surface area contributed by atoms with Crippen LogP contribution in [0.2, 0.25) is 0 Å². The number of amides is 1. The maximum absolute atomic E-state index is 12.5. The van der Waals surface area contributed by atoms with Crippen molar-refractivity contribution in [1.82, 2.24) is 9.97 Å². The van der Waals surface area contributed by atoms with Crippen LogP contribution in [-0.4, -0.2) is 33.6 Å². The van der Waals surface area contributed by atoms with Gasteiger partial charge in [-0.25, -0.2) is 4.98 Å². The van der Waals surface area contributed by atoms with Gasteiger partial charge in [-0.3, -0.25) is 4.79 Å². The van der Waals surface area contributed by atoms with Crippen molar-refractivity contribution in [3.05, 3.63) is 66.2 Å². The van der Waals surface area contributed by atoms with Crippen molar-refractivity contribution in [3.8, 4) is 11.3 Å². The third-order valence-corrected chi connectivity index (χ3v) is 3.86. The highest BCUT2D eigenvalue weighted by Crippen LogP contribution is 2.22. The molecule has 1 aromatic heterocycles. The van der Waals surface area contributed by atoms with Gasteiger partial charge in [-0.2, -0.15) is 4.98 Å². The van der Waals surface area contributed by atoms with Gasteiger partial charge in [0, 0.05) is 28.9 Å². The van der Waals surface area contributed by atoms with E-state index in [1.165, 1.54) is 0 Å². The number of nitrogens with two attached hydrogens (primary N) is 1. The Bertz CT molecular complexity index is 913. The summed E-state index contributed by atoms with van der Waals surface area (Å²) in [6.07, 6.45) is 0. The molecular formula is C20H21N5O2. The molecule has 0 spiro atoms. The number of carbonyl (C=O) groups is 1. The van der Waals surface area contributed by atoms with Crippen molar-refractivity contribution in [1.29, 1.82) is 0 Å². The minimum Gasteiger partial charge on any atom is -0.399 e. The summed E-state index contributed by atoms with van der Waals surface area (Å²) in [4.78, 5) is 21.3. The van der Waals surface area contributed by atoms with Crippen LogP contribution in [0.1, 0.15) is 17.3 Å². The molecule has 0 fully saturated rings. The number of aromatic nitrogens is 2. The molecule has 0 bridgehead atoms. The smallest absolute Gasteiger partial charge is 0.256 e. The van der Waals surface area contributed by atoms with E-state index in [-0.39, 0.29) is 18.6 Å². The molecule has 1 heterocycles. The lowest BCUT2D eigenvalue weighted by Gasteiger charge is -2.14. The van der Waals surface area contributed by atoms with Crippen molar-refractivity contribution in [3.63, 3.8) is 0 Å². The van der Waals surface area contributed by atoms with Gasteiger partial charge in [-0.05, 0) is 31.2 Å². The third-order valence-electron chi connectivity index (χ3n) is 3.86. The van der Waals surface area contributed by atoms with Gasteiger partial charge in [0.1, 0.15) is 5.82 Å². The van der Waals surface area contributed by atoms with E-state index in [0.717, 1.165) is 5.56 Å². The highest BCUT2D eigenvalue weighted by Gasteiger charge is 2.12. The number of aliphatic hydroxyl groups is 1. The number of nitrogen functional groups attached to an aromatic ring is 1. The SMILES string of the molecule is C[C@H](CO)Nc1nc(NC(=O)c2ccc(N)cc2)cc(-c2ccccc2)n1. The van der Waals surface area contributed by atoms with E-state index in [4.69, 9.17) is 5.73 Å². The molecule has 1 amide bonds. The van der Waals surface area contributed by atoms with E-state index in [1.807, 2.05) is 37.3 Å². The largest absolute Gasteiger partial charge is 0.399 e. The standard InChI is InChI=1S/C20H21N5O2/c1-13(12-26)22-20-23-17(14-5-3-2-4-6-14)11-18(25-20)24-19(27)15-7-9-16(21)10-8-15/h2-11,13,26H,12,21H2,1H3,(H2,22,23,24,25,27)/t13-/m1/s1. The van der Waals surface area contributed by atoms with E-state index < -0.39 is 0 Å². The van der Waals surface area contributed by atoms with Crippen molar-refractivity contribution < 1.29 is 9.90 Å². The summed E-state index contributed by atoms with van der Waals surface area (Å²) in [5, 5.41) is 15.1. The Morgan fingerprint density at radius 3 is 2.48 bits per heavy atom. The van der Waals surface area contributed by atoms with Crippen molar-refractivity contribution in [2.75, 3.05) is 23.0 Å². The summed E-state index contributed by atoms with van der Waals surface area (Å²) in [7, 11) is 0. The summed E-state index contributed by atoms with van der Waals surface area (Å²) in [6, 6.07) is 17.7. The first-order valence-electron chi connectivity index (χ1n) is 8.54. The average Bonchev–Trinajstić information content (AvgIpc) is 2.69. The highest BCUT2D eigenvalue weighted by atomic mass is 16.3. The lowest BCUT2D eigenvalue weighted by molar-refractivity contribution is 0.102. The molecule has 0 saturated heterocycles. The Morgan fingerprint density at radius 2 is 1.81 bits per heavy atom. The van der Waals surface area contributed by atoms with Crippen LogP contribution in [-0.2, 0) is 0 Å². The number of hydrogen-bond donors (Lipinski definition) is 4. The quantitative estimate of drug-likeness (QED) is 0.501. The second-order valence-corrected chi connectivity index (χ2v) is 6.13. The number of benzene rings is 2. The van der Waals surface area contributed by atoms with Gasteiger partial charge in [0.05, 0.1) is 12.3 Å². The molecule has 138 valence electrons. The van der Waals surface area contributed by atoms with Crippen LogP contribution in [0.5, 0.6) is 0 Å². The van der Waals surface area contributed by atoms with Crippen LogP contribution in [0.4, 0.5) is 17.5 Å². The van der Waals surface area contributed by atoms with Crippen LogP contribution in [0.15, 0.2) is 60.7 Å². The first-order chi connectivity index (χ1) is 13.0. The molecule has 0 aliphatic carbocycles. The Balaban J connectivity index is 1.91. The first-order valence-corrected chi connectivity index (χ1v) is 8.54. The molecule has 3 aromatic rings. The molecule has 0 unspecified atom stereocenters. The molecule has 5 N–H and O–H groups in total. The summed E-state index contributed by atoms with van der Waals surface area (Å²) < 4.78 is 0. The van der Waals surface area contributed by atoms with Crippen molar-refractivity contribution >= 4 is 23.4 Å². The first kappa shape index (κ1) is 18.3. The number of carbonyl (C=O) groups excluding carboxylic acids is 1. The van der Waals surface area contributed by atoms with Gasteiger partial charge in [-0.1, -0.05) is 30.3 Å². The van der Waals surface area contributed by atoms with Gasteiger partial charge in [0.25, 0.3) is 5.91 Å². The fraction of sp³-hybridized carbons (Fsp3) is 0.150. The third kappa shape index (κ3) is 4.80. The predicted molar refractivity (Wildman–Crippen MR) is 106 cm³/mol. The number of nitrogens with one attached hydrogen (secondary N) is 2. The topological polar surface area (TPSA) is 113 Å². The lowest BCUT2D eigenvalue weighted by atomic mass is 10.1. The highest BCUT2D eigenvalue weighted by molar-refractivity contribution is 6.04. The molecule has 0 radical (unpaired) electrons. The fourth-order valence-corrected chi connectivity index (χ4v) is 2.42. The maximum atomic E-state index is 12.5. The average molecular weight is 363 g/mol. The predicted octanol–water partition coefficient (Wildman–Crippen LogP) is 2.77. The number of anilines is 3. The Hall–Kier alpha value is -3.45. The zero-order valence-corrected chi connectivity index (χ0v) is 14.9. The Labute approximate surface area is 157 Å². The number of rotatable bonds is 6. The van der Waals surface area contributed by atoms with Gasteiger partial charge >= 0.3 is 0 Å². The zero-order chi connectivity index (χ0) is 19.2. The second kappa shape index (κ2) is 8.29. The van der Waals surface area contributed by atoms with Crippen LogP contribution >= 0.6 is 0 Å². The Kier molecular flexibility index (Phi) is 5.63. The molecule has 2 aromatic carbocycles. The van der Waals surface area contributed by atoms with E-state index >= 15 is 0 Å². The minimum atomic E-state index is -0.297. The number of aliphatic hydroxyl groups excluding tert-OH is 1. The normalized spacial score (nSPS) is 11.6. The van der Waals surface area contributed by atoms with E-state index in [0.29, 0.717) is 28.7 Å². The summed E-state index contributed by atoms with van der Waals surface area (Å²) in [5.41, 5.74) is 8.27. The van der Waals surface area contributed by atoms with Gasteiger partial charge in [-0.15, -0.1) is 0 Å². The molecule has 0 aliphatic rings. The number of hydrogen-bond acceptors (Lipinski definition) is 6. The zero-order valence-electron chi connectivity index (χ0n) is 14.9. The summed E-state index contributed by atoms with van der Waals surface area (Å²) in [5.74, 6) is 0.387. The van der Waals surface area contributed by atoms with Crippen molar-refractivity contribution in [2.45, 2.75) is 13.0 Å². The lowest BCUT2D eigenvalue weighted by Crippen LogP contribution is -2.22. The molecule has 7 heteroatoms. The molecule has 0 aliphatic heterocycles. The van der Waals surface area contributed by atoms with Gasteiger partial charge in [0.15, 0.2) is 0 Å². The summed E-state index contributed by atoms with van der Waals surface area (Å²) >= 11 is 0. The van der Waals surface area contributed by atoms with E-state index in [9.17, 15) is 9.90 Å². The monoisotopic (exact) mass is 363 g/mol. The molecule has 7 nitrogen and oxygen atoms in total. The van der Waals surface area contributed by atoms with Gasteiger partial charge < -0.3 is 21.5 Å². The molecule has 3 rings (SSSR count). The second-order valence-electron chi connectivity index (χ2n) is 6.13. The fourth-order valence-electron chi connectivity index (χ4n) is 2.42. The van der Waals surface area contributed by atoms with Crippen LogP contribution in [0.3, 0.4) is 0 Å². The van der Waals surface area contributed by atoms with Crippen molar-refractivity contribution in [2.24, 2.45) is 0 Å². The maximum Gasteiger partial charge on any atom is 0.256 e. The molecular weight excluding hydrogens is 342 g/mol. The summed E-state index contributed by atoms with van der Waals surface area (Å²) in [6.45, 7) is 1.75. The van der Waals surface area contributed by atoms with E-state index in [2.05, 4.69) is 20.6 Å². The molecule has 1 atom stereocenters. The Morgan fingerprint density at radius 1 is 1.11 bits per heavy atom. The molecule has 27 heavy (non-hydrogen) atoms. The van der Waals surface area contributed by atoms with Gasteiger partial charge in [0.2, 0.25) is 5.95 Å². The van der Waals surface area contributed by atoms with Crippen LogP contribution < -0.4 is 16.4 Å².